The van der Waals surface area contributed by atoms with Crippen LogP contribution in [0, 0.1) is 3.57 Å². The first-order chi connectivity index (χ1) is 8.60. The Morgan fingerprint density at radius 2 is 2.33 bits per heavy atom. The van der Waals surface area contributed by atoms with Crippen molar-refractivity contribution in [1.82, 2.24) is 4.98 Å². The summed E-state index contributed by atoms with van der Waals surface area (Å²) in [5.74, 6) is -0.451. The summed E-state index contributed by atoms with van der Waals surface area (Å²) < 4.78 is 5.64. The van der Waals surface area contributed by atoms with Gasteiger partial charge >= 0.3 is 5.97 Å². The minimum absolute atomic E-state index is 0.284. The first kappa shape index (κ1) is 13.6. The monoisotopic (exact) mass is 394 g/mol. The molecular weight excluding hydrogens is 387 g/mol. The van der Waals surface area contributed by atoms with E-state index in [-0.39, 0.29) is 5.69 Å². The Bertz CT molecular complexity index is 588. The van der Waals surface area contributed by atoms with Gasteiger partial charge in [-0.05, 0) is 40.8 Å². The van der Waals surface area contributed by atoms with Gasteiger partial charge < -0.3 is 10.1 Å². The van der Waals surface area contributed by atoms with E-state index >= 15 is 0 Å². The lowest BCUT2D eigenvalue weighted by Crippen LogP contribution is -2.01. The summed E-state index contributed by atoms with van der Waals surface area (Å²) in [6.07, 6.45) is 0. The van der Waals surface area contributed by atoms with E-state index in [0.717, 1.165) is 9.26 Å². The van der Waals surface area contributed by atoms with Crippen LogP contribution < -0.4 is 5.32 Å². The summed E-state index contributed by atoms with van der Waals surface area (Å²) in [6.45, 7) is 0. The van der Waals surface area contributed by atoms with Gasteiger partial charge in [-0.2, -0.15) is 0 Å². The molecule has 18 heavy (non-hydrogen) atoms. The van der Waals surface area contributed by atoms with E-state index in [9.17, 15) is 4.79 Å². The van der Waals surface area contributed by atoms with E-state index in [1.54, 1.807) is 5.38 Å². The largest absolute Gasteiger partial charge is 0.464 e. The Balaban J connectivity index is 2.18. The molecule has 1 aromatic carbocycles. The number of esters is 1. The number of nitrogens with zero attached hydrogens (tertiary/aromatic N) is 1. The van der Waals surface area contributed by atoms with Crippen molar-refractivity contribution in [2.75, 3.05) is 12.4 Å². The zero-order valence-electron chi connectivity index (χ0n) is 9.24. The molecule has 0 fully saturated rings. The molecule has 0 aliphatic heterocycles. The molecular formula is C11H8ClIN2O2S. The van der Waals surface area contributed by atoms with Crippen molar-refractivity contribution < 1.29 is 9.53 Å². The third-order valence-corrected chi connectivity index (χ3v) is 3.81. The Hall–Kier alpha value is -0.860. The smallest absolute Gasteiger partial charge is 0.357 e. The molecule has 0 unspecified atom stereocenters. The Kier molecular flexibility index (Phi) is 4.41. The van der Waals surface area contributed by atoms with Crippen LogP contribution >= 0.6 is 45.5 Å². The van der Waals surface area contributed by atoms with Gasteiger partial charge in [0.1, 0.15) is 0 Å². The highest BCUT2D eigenvalue weighted by atomic mass is 127. The van der Waals surface area contributed by atoms with Gasteiger partial charge in [-0.3, -0.25) is 0 Å². The molecule has 2 aromatic rings. The Labute approximate surface area is 126 Å². The number of thiazole rings is 1. The van der Waals surface area contributed by atoms with Crippen LogP contribution in [0.15, 0.2) is 23.6 Å². The van der Waals surface area contributed by atoms with Crippen molar-refractivity contribution in [3.63, 3.8) is 0 Å². The lowest BCUT2D eigenvalue weighted by molar-refractivity contribution is 0.0595. The Morgan fingerprint density at radius 3 is 3.00 bits per heavy atom. The number of methoxy groups -OCH3 is 1. The first-order valence-electron chi connectivity index (χ1n) is 4.86. The molecule has 0 aliphatic carbocycles. The second kappa shape index (κ2) is 5.85. The maximum absolute atomic E-state index is 11.3. The zero-order valence-corrected chi connectivity index (χ0v) is 13.0. The third kappa shape index (κ3) is 3.12. The van der Waals surface area contributed by atoms with Crippen LogP contribution in [0.1, 0.15) is 10.5 Å². The van der Waals surface area contributed by atoms with Crippen LogP contribution in [0.25, 0.3) is 0 Å². The van der Waals surface area contributed by atoms with E-state index < -0.39 is 5.97 Å². The van der Waals surface area contributed by atoms with Gasteiger partial charge in [0.25, 0.3) is 0 Å². The SMILES string of the molecule is COC(=O)c1csc(Nc2ccc(I)cc2Cl)n1. The number of aromatic nitrogens is 1. The van der Waals surface area contributed by atoms with Crippen LogP contribution in [-0.4, -0.2) is 18.1 Å². The molecule has 94 valence electrons. The number of anilines is 2. The van der Waals surface area contributed by atoms with Crippen LogP contribution in [0.3, 0.4) is 0 Å². The second-order valence-corrected chi connectivity index (χ2v) is 5.79. The summed E-state index contributed by atoms with van der Waals surface area (Å²) in [7, 11) is 1.32. The van der Waals surface area contributed by atoms with E-state index in [2.05, 4.69) is 37.6 Å². The fourth-order valence-electron chi connectivity index (χ4n) is 1.24. The van der Waals surface area contributed by atoms with Crippen LogP contribution in [0.5, 0.6) is 0 Å². The lowest BCUT2D eigenvalue weighted by Gasteiger charge is -2.05. The van der Waals surface area contributed by atoms with Gasteiger partial charge in [0.15, 0.2) is 10.8 Å². The number of rotatable bonds is 3. The molecule has 1 aromatic heterocycles. The highest BCUT2D eigenvalue weighted by Gasteiger charge is 2.11. The fraction of sp³-hybridized carbons (Fsp3) is 0.0909. The molecule has 0 radical (unpaired) electrons. The quantitative estimate of drug-likeness (QED) is 0.633. The molecule has 0 spiro atoms. The van der Waals surface area contributed by atoms with Gasteiger partial charge in [0, 0.05) is 8.95 Å². The second-order valence-electron chi connectivity index (χ2n) is 3.28. The Morgan fingerprint density at radius 1 is 1.56 bits per heavy atom. The predicted octanol–water partition coefficient (Wildman–Crippen LogP) is 3.93. The van der Waals surface area contributed by atoms with E-state index in [4.69, 9.17) is 11.6 Å². The van der Waals surface area contributed by atoms with E-state index in [0.29, 0.717) is 10.2 Å². The third-order valence-electron chi connectivity index (χ3n) is 2.07. The summed E-state index contributed by atoms with van der Waals surface area (Å²) in [4.78, 5) is 15.4. The number of carbonyl (C=O) groups is 1. The van der Waals surface area contributed by atoms with Crippen molar-refractivity contribution in [3.05, 3.63) is 37.9 Å². The molecule has 7 heteroatoms. The maximum Gasteiger partial charge on any atom is 0.357 e. The molecule has 2 rings (SSSR count). The van der Waals surface area contributed by atoms with Gasteiger partial charge in [-0.15, -0.1) is 11.3 Å². The average Bonchev–Trinajstić information content (AvgIpc) is 2.80. The minimum atomic E-state index is -0.451. The van der Waals surface area contributed by atoms with Crippen LogP contribution in [-0.2, 0) is 4.74 Å². The summed E-state index contributed by atoms with van der Waals surface area (Å²) >= 11 is 9.60. The molecule has 1 heterocycles. The minimum Gasteiger partial charge on any atom is -0.464 e. The van der Waals surface area contributed by atoms with Crippen molar-refractivity contribution in [2.24, 2.45) is 0 Å². The first-order valence-corrected chi connectivity index (χ1v) is 7.19. The van der Waals surface area contributed by atoms with E-state index in [1.165, 1.54) is 18.4 Å². The van der Waals surface area contributed by atoms with Gasteiger partial charge in [-0.25, -0.2) is 9.78 Å². The summed E-state index contributed by atoms with van der Waals surface area (Å²) in [5, 5.41) is 5.90. The van der Waals surface area contributed by atoms with Crippen molar-refractivity contribution in [2.45, 2.75) is 0 Å². The van der Waals surface area contributed by atoms with E-state index in [1.807, 2.05) is 18.2 Å². The maximum atomic E-state index is 11.3. The van der Waals surface area contributed by atoms with Gasteiger partial charge in [0.05, 0.1) is 17.8 Å². The van der Waals surface area contributed by atoms with Crippen molar-refractivity contribution in [3.8, 4) is 0 Å². The predicted molar refractivity (Wildman–Crippen MR) is 80.9 cm³/mol. The van der Waals surface area contributed by atoms with Crippen molar-refractivity contribution in [1.29, 1.82) is 0 Å². The molecule has 1 N–H and O–H groups in total. The summed E-state index contributed by atoms with van der Waals surface area (Å²) in [6, 6.07) is 5.65. The number of hydrogen-bond donors (Lipinski definition) is 1. The molecule has 0 aliphatic rings. The zero-order chi connectivity index (χ0) is 13.1. The molecule has 0 bridgehead atoms. The molecule has 0 saturated carbocycles. The molecule has 0 amide bonds. The van der Waals surface area contributed by atoms with Crippen LogP contribution in [0.4, 0.5) is 10.8 Å². The average molecular weight is 395 g/mol. The molecule has 0 saturated heterocycles. The number of benzene rings is 1. The number of halogens is 2. The van der Waals surface area contributed by atoms with Gasteiger partial charge in [0.2, 0.25) is 0 Å². The molecule has 0 atom stereocenters. The fourth-order valence-corrected chi connectivity index (χ4v) is 2.83. The standard InChI is InChI=1S/C11H8ClIN2O2S/c1-17-10(16)9-5-18-11(15-9)14-8-3-2-6(13)4-7(8)12/h2-5H,1H3,(H,14,15). The highest BCUT2D eigenvalue weighted by Crippen LogP contribution is 2.28. The van der Waals surface area contributed by atoms with Crippen LogP contribution in [0.2, 0.25) is 5.02 Å². The molecule has 4 nitrogen and oxygen atoms in total. The number of carbonyl (C=O) groups excluding carboxylic acids is 1. The van der Waals surface area contributed by atoms with Crippen molar-refractivity contribution >= 4 is 62.3 Å². The lowest BCUT2D eigenvalue weighted by atomic mass is 10.3. The van der Waals surface area contributed by atoms with Gasteiger partial charge in [-0.1, -0.05) is 11.6 Å². The number of hydrogen-bond acceptors (Lipinski definition) is 5. The number of ether oxygens (including phenoxy) is 1. The normalized spacial score (nSPS) is 10.2. The highest BCUT2D eigenvalue weighted by molar-refractivity contribution is 14.1. The topological polar surface area (TPSA) is 51.2 Å². The summed E-state index contributed by atoms with van der Waals surface area (Å²) in [5.41, 5.74) is 1.04. The number of nitrogens with one attached hydrogen (secondary N) is 1.